The van der Waals surface area contributed by atoms with E-state index in [1.165, 1.54) is 17.8 Å². The fraction of sp³-hybridized carbons (Fsp3) is 0.179. The van der Waals surface area contributed by atoms with E-state index in [4.69, 9.17) is 13.9 Å². The number of fused-ring (bicyclic) bond motifs is 1. The van der Waals surface area contributed by atoms with Crippen molar-refractivity contribution in [2.75, 3.05) is 13.7 Å². The normalized spacial score (nSPS) is 11.6. The molecular weight excluding hydrogens is 531 g/mol. The van der Waals surface area contributed by atoms with Gasteiger partial charge in [-0.1, -0.05) is 36.0 Å². The van der Waals surface area contributed by atoms with Crippen LogP contribution in [0.2, 0.25) is 0 Å². The first-order valence-electron chi connectivity index (χ1n) is 11.9. The van der Waals surface area contributed by atoms with Crippen LogP contribution in [-0.2, 0) is 16.7 Å². The summed E-state index contributed by atoms with van der Waals surface area (Å²) in [7, 11) is 1.54. The van der Waals surface area contributed by atoms with Crippen molar-refractivity contribution in [3.8, 4) is 22.8 Å². The van der Waals surface area contributed by atoms with E-state index in [9.17, 15) is 18.0 Å². The van der Waals surface area contributed by atoms with Gasteiger partial charge in [-0.2, -0.15) is 13.2 Å². The minimum absolute atomic E-state index is 0.0751. The van der Waals surface area contributed by atoms with Crippen molar-refractivity contribution in [2.45, 2.75) is 24.0 Å². The number of para-hydroxylation sites is 1. The van der Waals surface area contributed by atoms with Crippen LogP contribution in [0.5, 0.6) is 5.75 Å². The number of alkyl halides is 3. The maximum absolute atomic E-state index is 13.6. The number of rotatable bonds is 8. The predicted molar refractivity (Wildman–Crippen MR) is 140 cm³/mol. The van der Waals surface area contributed by atoms with Crippen LogP contribution in [0.25, 0.3) is 28.0 Å². The molecule has 0 saturated carbocycles. The summed E-state index contributed by atoms with van der Waals surface area (Å²) in [5, 5.41) is 9.69. The highest BCUT2D eigenvalue weighted by atomic mass is 32.2. The highest BCUT2D eigenvalue weighted by Crippen LogP contribution is 2.36. The summed E-state index contributed by atoms with van der Waals surface area (Å²) in [6.45, 7) is 1.88. The van der Waals surface area contributed by atoms with Crippen LogP contribution in [0.1, 0.15) is 28.6 Å². The quantitative estimate of drug-likeness (QED) is 0.149. The van der Waals surface area contributed by atoms with Gasteiger partial charge in [0.25, 0.3) is 0 Å². The van der Waals surface area contributed by atoms with Crippen molar-refractivity contribution in [2.24, 2.45) is 0 Å². The van der Waals surface area contributed by atoms with E-state index in [0.29, 0.717) is 33.4 Å². The second-order valence-electron chi connectivity index (χ2n) is 8.33. The molecule has 3 aromatic carbocycles. The maximum atomic E-state index is 13.6. The molecule has 0 spiro atoms. The molecule has 0 radical (unpaired) electrons. The van der Waals surface area contributed by atoms with Crippen molar-refractivity contribution in [3.05, 3.63) is 89.7 Å². The summed E-state index contributed by atoms with van der Waals surface area (Å²) in [5.74, 6) is 0.679. The summed E-state index contributed by atoms with van der Waals surface area (Å²) in [4.78, 5) is 12.6. The molecule has 0 atom stereocenters. The van der Waals surface area contributed by atoms with Crippen LogP contribution < -0.4 is 4.74 Å². The third kappa shape index (κ3) is 5.35. The second kappa shape index (κ2) is 10.9. The largest absolute Gasteiger partial charge is 0.497 e. The molecule has 0 amide bonds. The zero-order chi connectivity index (χ0) is 27.6. The highest BCUT2D eigenvalue weighted by molar-refractivity contribution is 7.98. The zero-order valence-electron chi connectivity index (χ0n) is 20.9. The van der Waals surface area contributed by atoms with Gasteiger partial charge in [0, 0.05) is 22.3 Å². The first-order valence-corrected chi connectivity index (χ1v) is 12.9. The van der Waals surface area contributed by atoms with Gasteiger partial charge in [0.05, 0.1) is 25.0 Å². The van der Waals surface area contributed by atoms with Gasteiger partial charge in [0.1, 0.15) is 11.3 Å². The van der Waals surface area contributed by atoms with Crippen LogP contribution >= 0.6 is 11.8 Å². The Morgan fingerprint density at radius 1 is 1.03 bits per heavy atom. The van der Waals surface area contributed by atoms with E-state index in [-0.39, 0.29) is 23.8 Å². The second-order valence-corrected chi connectivity index (χ2v) is 9.28. The monoisotopic (exact) mass is 553 g/mol. The zero-order valence-corrected chi connectivity index (χ0v) is 21.7. The Morgan fingerprint density at radius 3 is 2.51 bits per heavy atom. The average Bonchev–Trinajstić information content (AvgIpc) is 3.53. The third-order valence-electron chi connectivity index (χ3n) is 5.92. The minimum Gasteiger partial charge on any atom is -0.497 e. The Balaban J connectivity index is 1.59. The van der Waals surface area contributed by atoms with Crippen LogP contribution in [-0.4, -0.2) is 34.5 Å². The summed E-state index contributed by atoms with van der Waals surface area (Å²) in [6.07, 6.45) is -4.53. The fourth-order valence-electron chi connectivity index (χ4n) is 4.08. The molecule has 0 aliphatic heterocycles. The van der Waals surface area contributed by atoms with Gasteiger partial charge in [-0.3, -0.25) is 4.57 Å². The number of thioether (sulfide) groups is 1. The molecule has 0 N–H and O–H groups in total. The number of carbonyl (C=O) groups is 1. The lowest BCUT2D eigenvalue weighted by Crippen LogP contribution is -2.07. The molecule has 0 aliphatic rings. The standard InChI is InChI=1S/C28H22F3N3O4S/c1-3-37-26(35)24-22(21-9-4-5-10-23(21)38-24)16-39-27-33-32-25(17-11-13-20(36-2)14-12-17)34(27)19-8-6-7-18(15-19)28(29,30)31/h4-15H,3,16H2,1-2H3. The number of hydrogen-bond acceptors (Lipinski definition) is 7. The Bertz CT molecular complexity index is 1630. The number of esters is 1. The topological polar surface area (TPSA) is 79.4 Å². The molecular formula is C28H22F3N3O4S. The van der Waals surface area contributed by atoms with Crippen LogP contribution in [0, 0.1) is 0 Å². The third-order valence-corrected chi connectivity index (χ3v) is 6.87. The molecule has 11 heteroatoms. The number of ether oxygens (including phenoxy) is 2. The van der Waals surface area contributed by atoms with Gasteiger partial charge in [0.2, 0.25) is 5.76 Å². The van der Waals surface area contributed by atoms with Crippen LogP contribution in [0.4, 0.5) is 13.2 Å². The van der Waals surface area contributed by atoms with E-state index < -0.39 is 17.7 Å². The molecule has 200 valence electrons. The van der Waals surface area contributed by atoms with E-state index in [0.717, 1.165) is 17.5 Å². The molecule has 0 unspecified atom stereocenters. The molecule has 7 nitrogen and oxygen atoms in total. The maximum Gasteiger partial charge on any atom is 0.416 e. The Labute approximate surface area is 225 Å². The predicted octanol–water partition coefficient (Wildman–Crippen LogP) is 7.18. The van der Waals surface area contributed by atoms with E-state index in [2.05, 4.69) is 10.2 Å². The van der Waals surface area contributed by atoms with Gasteiger partial charge in [-0.15, -0.1) is 10.2 Å². The number of furan rings is 1. The molecule has 0 bridgehead atoms. The van der Waals surface area contributed by atoms with Crippen molar-refractivity contribution in [1.82, 2.24) is 14.8 Å². The molecule has 39 heavy (non-hydrogen) atoms. The smallest absolute Gasteiger partial charge is 0.416 e. The van der Waals surface area contributed by atoms with E-state index in [1.54, 1.807) is 61.1 Å². The van der Waals surface area contributed by atoms with Crippen molar-refractivity contribution < 1.29 is 31.9 Å². The highest BCUT2D eigenvalue weighted by Gasteiger charge is 2.31. The number of methoxy groups -OCH3 is 1. The minimum atomic E-state index is -4.53. The molecule has 5 aromatic rings. The van der Waals surface area contributed by atoms with Crippen molar-refractivity contribution in [3.63, 3.8) is 0 Å². The Hall–Kier alpha value is -4.25. The van der Waals surface area contributed by atoms with Crippen molar-refractivity contribution >= 4 is 28.7 Å². The fourth-order valence-corrected chi connectivity index (χ4v) is 5.06. The van der Waals surface area contributed by atoms with Gasteiger partial charge in [0.15, 0.2) is 11.0 Å². The number of halogens is 3. The lowest BCUT2D eigenvalue weighted by molar-refractivity contribution is -0.137. The summed E-state index contributed by atoms with van der Waals surface area (Å²) in [5.41, 5.74) is 1.20. The number of carbonyl (C=O) groups excluding carboxylic acids is 1. The number of nitrogens with zero attached hydrogens (tertiary/aromatic N) is 3. The first kappa shape index (κ1) is 26.4. The number of aromatic nitrogens is 3. The lowest BCUT2D eigenvalue weighted by atomic mass is 10.1. The summed E-state index contributed by atoms with van der Waals surface area (Å²) >= 11 is 1.22. The van der Waals surface area contributed by atoms with Crippen LogP contribution in [0.3, 0.4) is 0 Å². The van der Waals surface area contributed by atoms with Gasteiger partial charge in [-0.25, -0.2) is 4.79 Å². The number of benzene rings is 3. The van der Waals surface area contributed by atoms with Gasteiger partial charge < -0.3 is 13.9 Å². The first-order chi connectivity index (χ1) is 18.8. The van der Waals surface area contributed by atoms with Crippen molar-refractivity contribution in [1.29, 1.82) is 0 Å². The average molecular weight is 554 g/mol. The summed E-state index contributed by atoms with van der Waals surface area (Å²) in [6, 6.07) is 19.1. The van der Waals surface area contributed by atoms with Gasteiger partial charge in [-0.05, 0) is 55.5 Å². The molecule has 0 fully saturated rings. The molecule has 0 aliphatic carbocycles. The van der Waals surface area contributed by atoms with E-state index >= 15 is 0 Å². The van der Waals surface area contributed by atoms with E-state index in [1.807, 2.05) is 12.1 Å². The van der Waals surface area contributed by atoms with Gasteiger partial charge >= 0.3 is 12.1 Å². The molecule has 0 saturated heterocycles. The molecule has 2 heterocycles. The number of hydrogen-bond donors (Lipinski definition) is 0. The molecule has 5 rings (SSSR count). The Morgan fingerprint density at radius 2 is 1.79 bits per heavy atom. The summed E-state index contributed by atoms with van der Waals surface area (Å²) < 4.78 is 58.5. The molecule has 2 aromatic heterocycles. The SMILES string of the molecule is CCOC(=O)c1oc2ccccc2c1CSc1nnc(-c2ccc(OC)cc2)n1-c1cccc(C(F)(F)F)c1. The lowest BCUT2D eigenvalue weighted by Gasteiger charge is -2.13. The van der Waals surface area contributed by atoms with Crippen LogP contribution in [0.15, 0.2) is 82.4 Å². The Kier molecular flexibility index (Phi) is 7.34.